The first kappa shape index (κ1) is 18.9. The maximum Gasteiger partial charge on any atom is 0.317 e. The Morgan fingerprint density at radius 2 is 1.84 bits per heavy atom. The summed E-state index contributed by atoms with van der Waals surface area (Å²) < 4.78 is 0. The standard InChI is InChI=1S/C20H28N4O/c1-16(23(3)15-18-9-6-5-7-10-18)13-22-20(25)24(4)17(2)19-11-8-12-21-14-19/h5-12,14,16-17H,13,15H2,1-4H3,(H,22,25)/t16-,17+/m1/s1. The van der Waals surface area contributed by atoms with E-state index in [1.54, 1.807) is 17.3 Å². The number of carbonyl (C=O) groups excluding carboxylic acids is 1. The molecule has 25 heavy (non-hydrogen) atoms. The number of pyridine rings is 1. The molecule has 1 N–H and O–H groups in total. The van der Waals surface area contributed by atoms with Gasteiger partial charge in [0.1, 0.15) is 0 Å². The van der Waals surface area contributed by atoms with Crippen molar-refractivity contribution in [3.63, 3.8) is 0 Å². The molecule has 5 nitrogen and oxygen atoms in total. The summed E-state index contributed by atoms with van der Waals surface area (Å²) in [5.41, 5.74) is 2.29. The van der Waals surface area contributed by atoms with E-state index in [1.807, 2.05) is 44.3 Å². The molecule has 2 amide bonds. The number of likely N-dealkylation sites (N-methyl/N-ethyl adjacent to an activating group) is 1. The van der Waals surface area contributed by atoms with Gasteiger partial charge in [0.25, 0.3) is 0 Å². The molecule has 1 heterocycles. The SMILES string of the molecule is C[C@H](CNC(=O)N(C)[C@@H](C)c1cccnc1)N(C)Cc1ccccc1. The fourth-order valence-corrected chi connectivity index (χ4v) is 2.57. The minimum atomic E-state index is -0.0729. The molecule has 0 unspecified atom stereocenters. The Bertz CT molecular complexity index is 647. The van der Waals surface area contributed by atoms with E-state index in [0.29, 0.717) is 6.54 Å². The lowest BCUT2D eigenvalue weighted by atomic mass is 10.1. The van der Waals surface area contributed by atoms with Crippen molar-refractivity contribution in [2.45, 2.75) is 32.5 Å². The highest BCUT2D eigenvalue weighted by molar-refractivity contribution is 5.74. The van der Waals surface area contributed by atoms with E-state index in [1.165, 1.54) is 5.56 Å². The number of nitrogens with one attached hydrogen (secondary N) is 1. The largest absolute Gasteiger partial charge is 0.336 e. The number of amides is 2. The molecular weight excluding hydrogens is 312 g/mol. The summed E-state index contributed by atoms with van der Waals surface area (Å²) in [5.74, 6) is 0. The van der Waals surface area contributed by atoms with Crippen LogP contribution in [0.25, 0.3) is 0 Å². The molecule has 0 spiro atoms. The maximum atomic E-state index is 12.4. The van der Waals surface area contributed by atoms with Crippen LogP contribution in [0.5, 0.6) is 0 Å². The Hall–Kier alpha value is -2.40. The van der Waals surface area contributed by atoms with Gasteiger partial charge in [-0.2, -0.15) is 0 Å². The smallest absolute Gasteiger partial charge is 0.317 e. The summed E-state index contributed by atoms with van der Waals surface area (Å²) in [6.45, 7) is 5.58. The van der Waals surface area contributed by atoms with Crippen LogP contribution < -0.4 is 5.32 Å². The van der Waals surface area contributed by atoms with Crippen molar-refractivity contribution in [1.82, 2.24) is 20.1 Å². The van der Waals surface area contributed by atoms with Crippen LogP contribution in [0.3, 0.4) is 0 Å². The number of urea groups is 1. The van der Waals surface area contributed by atoms with Gasteiger partial charge in [-0.3, -0.25) is 9.88 Å². The van der Waals surface area contributed by atoms with Crippen molar-refractivity contribution in [2.75, 3.05) is 20.6 Å². The summed E-state index contributed by atoms with van der Waals surface area (Å²) in [6.07, 6.45) is 3.53. The highest BCUT2D eigenvalue weighted by Gasteiger charge is 2.18. The first-order valence-electron chi connectivity index (χ1n) is 8.63. The zero-order valence-electron chi connectivity index (χ0n) is 15.5. The average Bonchev–Trinajstić information content (AvgIpc) is 2.66. The molecule has 134 valence electrons. The molecular formula is C20H28N4O. The highest BCUT2D eigenvalue weighted by Crippen LogP contribution is 2.17. The normalized spacial score (nSPS) is 13.3. The molecule has 0 bridgehead atoms. The van der Waals surface area contributed by atoms with Crippen molar-refractivity contribution in [3.05, 3.63) is 66.0 Å². The summed E-state index contributed by atoms with van der Waals surface area (Å²) in [7, 11) is 3.89. The molecule has 5 heteroatoms. The first-order valence-corrected chi connectivity index (χ1v) is 8.63. The number of hydrogen-bond donors (Lipinski definition) is 1. The van der Waals surface area contributed by atoms with Crippen LogP contribution in [-0.2, 0) is 6.54 Å². The monoisotopic (exact) mass is 340 g/mol. The number of rotatable bonds is 7. The van der Waals surface area contributed by atoms with Crippen LogP contribution in [0, 0.1) is 0 Å². The number of hydrogen-bond acceptors (Lipinski definition) is 3. The van der Waals surface area contributed by atoms with Gasteiger partial charge in [-0.15, -0.1) is 0 Å². The number of aromatic nitrogens is 1. The molecule has 0 aliphatic carbocycles. The topological polar surface area (TPSA) is 48.5 Å². The average molecular weight is 340 g/mol. The van der Waals surface area contributed by atoms with Gasteiger partial charge in [0.05, 0.1) is 6.04 Å². The molecule has 0 fully saturated rings. The second-order valence-electron chi connectivity index (χ2n) is 6.51. The second kappa shape index (κ2) is 9.18. The maximum absolute atomic E-state index is 12.4. The van der Waals surface area contributed by atoms with E-state index in [0.717, 1.165) is 12.1 Å². The lowest BCUT2D eigenvalue weighted by Crippen LogP contribution is -2.45. The van der Waals surface area contributed by atoms with Crippen LogP contribution in [0.4, 0.5) is 4.79 Å². The van der Waals surface area contributed by atoms with Crippen molar-refractivity contribution in [1.29, 1.82) is 0 Å². The molecule has 2 atom stereocenters. The lowest BCUT2D eigenvalue weighted by Gasteiger charge is -2.28. The Morgan fingerprint density at radius 1 is 1.12 bits per heavy atom. The van der Waals surface area contributed by atoms with Crippen molar-refractivity contribution in [3.8, 4) is 0 Å². The van der Waals surface area contributed by atoms with Gasteiger partial charge in [0, 0.05) is 38.6 Å². The zero-order chi connectivity index (χ0) is 18.2. The van der Waals surface area contributed by atoms with Gasteiger partial charge < -0.3 is 10.2 Å². The Kier molecular flexibility index (Phi) is 6.95. The van der Waals surface area contributed by atoms with E-state index in [-0.39, 0.29) is 18.1 Å². The van der Waals surface area contributed by atoms with Gasteiger partial charge in [-0.05, 0) is 38.1 Å². The summed E-state index contributed by atoms with van der Waals surface area (Å²) >= 11 is 0. The number of nitrogens with zero attached hydrogens (tertiary/aromatic N) is 3. The molecule has 1 aromatic carbocycles. The van der Waals surface area contributed by atoms with Crippen LogP contribution in [0.1, 0.15) is 31.0 Å². The predicted molar refractivity (Wildman–Crippen MR) is 101 cm³/mol. The Balaban J connectivity index is 1.82. The van der Waals surface area contributed by atoms with Crippen LogP contribution in [0.15, 0.2) is 54.9 Å². The Labute approximate surface area is 150 Å². The van der Waals surface area contributed by atoms with Gasteiger partial charge in [-0.1, -0.05) is 36.4 Å². The molecule has 0 saturated carbocycles. The molecule has 0 aliphatic rings. The Morgan fingerprint density at radius 3 is 2.48 bits per heavy atom. The summed E-state index contributed by atoms with van der Waals surface area (Å²) in [5, 5.41) is 3.02. The number of carbonyl (C=O) groups is 1. The lowest BCUT2D eigenvalue weighted by molar-refractivity contribution is 0.186. The fourth-order valence-electron chi connectivity index (χ4n) is 2.57. The number of benzene rings is 1. The summed E-state index contributed by atoms with van der Waals surface area (Å²) in [6, 6.07) is 14.4. The third-order valence-corrected chi connectivity index (χ3v) is 4.64. The third kappa shape index (κ3) is 5.57. The van der Waals surface area contributed by atoms with Gasteiger partial charge >= 0.3 is 6.03 Å². The highest BCUT2D eigenvalue weighted by atomic mass is 16.2. The zero-order valence-corrected chi connectivity index (χ0v) is 15.5. The van der Waals surface area contributed by atoms with Crippen LogP contribution >= 0.6 is 0 Å². The van der Waals surface area contributed by atoms with Crippen LogP contribution in [-0.4, -0.2) is 47.5 Å². The predicted octanol–water partition coefficient (Wildman–Crippen LogP) is 3.30. The van der Waals surface area contributed by atoms with E-state index in [9.17, 15) is 4.79 Å². The third-order valence-electron chi connectivity index (χ3n) is 4.64. The van der Waals surface area contributed by atoms with Gasteiger partial charge in [-0.25, -0.2) is 4.79 Å². The second-order valence-corrected chi connectivity index (χ2v) is 6.51. The van der Waals surface area contributed by atoms with E-state index >= 15 is 0 Å². The molecule has 0 aliphatic heterocycles. The van der Waals surface area contributed by atoms with E-state index < -0.39 is 0 Å². The van der Waals surface area contributed by atoms with Crippen LogP contribution in [0.2, 0.25) is 0 Å². The van der Waals surface area contributed by atoms with E-state index in [2.05, 4.69) is 41.3 Å². The minimum Gasteiger partial charge on any atom is -0.336 e. The molecule has 2 aromatic rings. The van der Waals surface area contributed by atoms with Crippen molar-refractivity contribution in [2.24, 2.45) is 0 Å². The van der Waals surface area contributed by atoms with Gasteiger partial charge in [0.2, 0.25) is 0 Å². The molecule has 2 rings (SSSR count). The fraction of sp³-hybridized carbons (Fsp3) is 0.400. The summed E-state index contributed by atoms with van der Waals surface area (Å²) in [4.78, 5) is 20.5. The first-order chi connectivity index (χ1) is 12.0. The van der Waals surface area contributed by atoms with Crippen molar-refractivity contribution >= 4 is 6.03 Å². The molecule has 0 radical (unpaired) electrons. The molecule has 0 saturated heterocycles. The quantitative estimate of drug-likeness (QED) is 0.841. The molecule has 1 aromatic heterocycles. The van der Waals surface area contributed by atoms with Crippen molar-refractivity contribution < 1.29 is 4.79 Å². The van der Waals surface area contributed by atoms with E-state index in [4.69, 9.17) is 0 Å². The van der Waals surface area contributed by atoms with Gasteiger partial charge in [0.15, 0.2) is 0 Å². The minimum absolute atomic E-state index is 0.0222.